The van der Waals surface area contributed by atoms with Gasteiger partial charge < -0.3 is 14.2 Å². The van der Waals surface area contributed by atoms with Gasteiger partial charge in [-0.25, -0.2) is 14.4 Å². The third-order valence-corrected chi connectivity index (χ3v) is 9.29. The Labute approximate surface area is 280 Å². The third kappa shape index (κ3) is 7.90. The molecule has 1 aliphatic heterocycles. The van der Waals surface area contributed by atoms with Gasteiger partial charge in [0.25, 0.3) is 0 Å². The summed E-state index contributed by atoms with van der Waals surface area (Å²) in [7, 11) is 0. The largest absolute Gasteiger partial charge is 0.463 e. The third-order valence-electron chi connectivity index (χ3n) is 9.29. The first-order valence-electron chi connectivity index (χ1n) is 16.7. The SMILES string of the molecule is CCOC(=O)/C=C/c1ccc(C(=O)Oc2ccc(C(=O)Oc3ccc(N4C(=O)C(C)C(C(CC)C5CCCCC5)C4=O)cc3)cc2)cc1. The number of amides is 2. The van der Waals surface area contributed by atoms with Crippen molar-refractivity contribution >= 4 is 41.5 Å². The van der Waals surface area contributed by atoms with Gasteiger partial charge in [-0.2, -0.15) is 0 Å². The molecule has 9 nitrogen and oxygen atoms in total. The first-order valence-corrected chi connectivity index (χ1v) is 16.7. The number of carbonyl (C=O) groups is 5. The maximum Gasteiger partial charge on any atom is 0.343 e. The Morgan fingerprint density at radius 3 is 1.85 bits per heavy atom. The number of rotatable bonds is 11. The quantitative estimate of drug-likeness (QED) is 0.0910. The molecule has 0 bridgehead atoms. The maximum atomic E-state index is 13.6. The van der Waals surface area contributed by atoms with E-state index in [1.165, 1.54) is 54.5 Å². The van der Waals surface area contributed by atoms with E-state index in [1.54, 1.807) is 61.5 Å². The van der Waals surface area contributed by atoms with Crippen LogP contribution in [0, 0.1) is 23.7 Å². The van der Waals surface area contributed by atoms with E-state index in [1.807, 2.05) is 6.92 Å². The average molecular weight is 652 g/mol. The highest BCUT2D eigenvalue weighted by Crippen LogP contribution is 2.43. The molecule has 3 unspecified atom stereocenters. The van der Waals surface area contributed by atoms with Gasteiger partial charge in [0.05, 0.1) is 29.3 Å². The number of esters is 3. The molecule has 0 radical (unpaired) electrons. The van der Waals surface area contributed by atoms with Gasteiger partial charge in [0.15, 0.2) is 0 Å². The molecule has 1 saturated heterocycles. The fourth-order valence-corrected chi connectivity index (χ4v) is 6.82. The van der Waals surface area contributed by atoms with Gasteiger partial charge in [-0.05, 0) is 91.1 Å². The maximum absolute atomic E-state index is 13.6. The van der Waals surface area contributed by atoms with Crippen molar-refractivity contribution in [1.82, 2.24) is 0 Å². The summed E-state index contributed by atoms with van der Waals surface area (Å²) in [4.78, 5) is 65.2. The van der Waals surface area contributed by atoms with Gasteiger partial charge in [-0.3, -0.25) is 14.5 Å². The molecule has 2 amide bonds. The highest BCUT2D eigenvalue weighted by Gasteiger charge is 2.50. The van der Waals surface area contributed by atoms with Gasteiger partial charge in [-0.15, -0.1) is 0 Å². The predicted molar refractivity (Wildman–Crippen MR) is 180 cm³/mol. The Bertz CT molecular complexity index is 1650. The van der Waals surface area contributed by atoms with E-state index in [4.69, 9.17) is 14.2 Å². The Morgan fingerprint density at radius 1 is 0.771 bits per heavy atom. The number of benzene rings is 3. The van der Waals surface area contributed by atoms with Crippen molar-refractivity contribution in [2.75, 3.05) is 11.5 Å². The van der Waals surface area contributed by atoms with Crippen LogP contribution in [0.1, 0.15) is 85.6 Å². The fourth-order valence-electron chi connectivity index (χ4n) is 6.82. The second-order valence-corrected chi connectivity index (χ2v) is 12.3. The highest BCUT2D eigenvalue weighted by molar-refractivity contribution is 6.22. The number of hydrogen-bond acceptors (Lipinski definition) is 8. The fraction of sp³-hybridized carbons (Fsp3) is 0.359. The van der Waals surface area contributed by atoms with Crippen LogP contribution in [-0.2, 0) is 19.1 Å². The first-order chi connectivity index (χ1) is 23.2. The number of ether oxygens (including phenoxy) is 3. The van der Waals surface area contributed by atoms with Crippen LogP contribution in [-0.4, -0.2) is 36.3 Å². The molecule has 9 heteroatoms. The smallest absolute Gasteiger partial charge is 0.343 e. The lowest BCUT2D eigenvalue weighted by atomic mass is 9.70. The lowest BCUT2D eigenvalue weighted by Gasteiger charge is -2.33. The summed E-state index contributed by atoms with van der Waals surface area (Å²) in [6, 6.07) is 18.9. The summed E-state index contributed by atoms with van der Waals surface area (Å²) in [5, 5.41) is 0. The molecule has 250 valence electrons. The number of hydrogen-bond donors (Lipinski definition) is 0. The molecule has 0 aromatic heterocycles. The van der Waals surface area contributed by atoms with Crippen molar-refractivity contribution in [3.05, 3.63) is 95.6 Å². The molecule has 1 saturated carbocycles. The van der Waals surface area contributed by atoms with Gasteiger partial charge >= 0.3 is 17.9 Å². The number of imide groups is 1. The molecule has 0 spiro atoms. The summed E-state index contributed by atoms with van der Waals surface area (Å²) in [5.41, 5.74) is 1.73. The number of carbonyl (C=O) groups excluding carboxylic acids is 5. The van der Waals surface area contributed by atoms with E-state index >= 15 is 0 Å². The molecule has 2 fully saturated rings. The molecule has 3 aromatic rings. The standard InChI is InChI=1S/C39H41NO8/c1-4-33(27-9-7-6-8-10-27)35-25(3)36(42)40(37(35)43)30-18-22-32(23-19-30)48-39(45)29-16-20-31(21-17-29)47-38(44)28-14-11-26(12-15-28)13-24-34(41)46-5-2/h11-25,27,33,35H,4-10H2,1-3H3/b24-13+. The zero-order chi connectivity index (χ0) is 34.2. The van der Waals surface area contributed by atoms with Crippen LogP contribution in [0.5, 0.6) is 11.5 Å². The summed E-state index contributed by atoms with van der Waals surface area (Å²) in [6.07, 6.45) is 9.61. The average Bonchev–Trinajstić information content (AvgIpc) is 3.32. The van der Waals surface area contributed by atoms with Crippen LogP contribution in [0.25, 0.3) is 6.08 Å². The minimum absolute atomic E-state index is 0.143. The van der Waals surface area contributed by atoms with Gasteiger partial charge in [0, 0.05) is 12.0 Å². The van der Waals surface area contributed by atoms with Crippen LogP contribution < -0.4 is 14.4 Å². The second-order valence-electron chi connectivity index (χ2n) is 12.3. The van der Waals surface area contributed by atoms with Crippen molar-refractivity contribution in [3.8, 4) is 11.5 Å². The van der Waals surface area contributed by atoms with Crippen molar-refractivity contribution in [2.24, 2.45) is 23.7 Å². The van der Waals surface area contributed by atoms with Crippen LogP contribution >= 0.6 is 0 Å². The Morgan fingerprint density at radius 2 is 1.31 bits per heavy atom. The van der Waals surface area contributed by atoms with Crippen LogP contribution in [0.3, 0.4) is 0 Å². The zero-order valence-electron chi connectivity index (χ0n) is 27.6. The molecule has 0 N–H and O–H groups in total. The number of nitrogens with zero attached hydrogens (tertiary/aromatic N) is 1. The summed E-state index contributed by atoms with van der Waals surface area (Å²) < 4.78 is 15.8. The Hall–Kier alpha value is -5.05. The lowest BCUT2D eigenvalue weighted by molar-refractivity contribution is -0.137. The van der Waals surface area contributed by atoms with E-state index in [-0.39, 0.29) is 53.2 Å². The van der Waals surface area contributed by atoms with E-state index in [0.29, 0.717) is 22.7 Å². The van der Waals surface area contributed by atoms with Gasteiger partial charge in [0.1, 0.15) is 11.5 Å². The lowest BCUT2D eigenvalue weighted by Crippen LogP contribution is -2.34. The summed E-state index contributed by atoms with van der Waals surface area (Å²) >= 11 is 0. The highest BCUT2D eigenvalue weighted by atomic mass is 16.5. The molecule has 5 rings (SSSR count). The van der Waals surface area contributed by atoms with Crippen molar-refractivity contribution < 1.29 is 38.2 Å². The summed E-state index contributed by atoms with van der Waals surface area (Å²) in [6.45, 7) is 6.00. The molecule has 48 heavy (non-hydrogen) atoms. The molecular formula is C39H41NO8. The second kappa shape index (κ2) is 15.7. The Balaban J connectivity index is 1.16. The molecule has 2 aliphatic rings. The van der Waals surface area contributed by atoms with Crippen LogP contribution in [0.2, 0.25) is 0 Å². The minimum atomic E-state index is -0.618. The van der Waals surface area contributed by atoms with Crippen molar-refractivity contribution in [3.63, 3.8) is 0 Å². The normalized spacial score (nSPS) is 18.9. The zero-order valence-corrected chi connectivity index (χ0v) is 27.6. The first kappa shape index (κ1) is 34.3. The monoisotopic (exact) mass is 651 g/mol. The van der Waals surface area contributed by atoms with E-state index < -0.39 is 17.9 Å². The van der Waals surface area contributed by atoms with Gasteiger partial charge in [-0.1, -0.05) is 64.5 Å². The Kier molecular flexibility index (Phi) is 11.2. The predicted octanol–water partition coefficient (Wildman–Crippen LogP) is 7.43. The molecule has 1 heterocycles. The molecule has 3 atom stereocenters. The van der Waals surface area contributed by atoms with Crippen molar-refractivity contribution in [2.45, 2.75) is 59.3 Å². The van der Waals surface area contributed by atoms with Crippen LogP contribution in [0.4, 0.5) is 5.69 Å². The molecule has 1 aliphatic carbocycles. The van der Waals surface area contributed by atoms with E-state index in [9.17, 15) is 24.0 Å². The van der Waals surface area contributed by atoms with Crippen LogP contribution in [0.15, 0.2) is 78.9 Å². The topological polar surface area (TPSA) is 116 Å². The molecular weight excluding hydrogens is 610 g/mol. The van der Waals surface area contributed by atoms with Gasteiger partial charge in [0.2, 0.25) is 11.8 Å². The van der Waals surface area contributed by atoms with Crippen molar-refractivity contribution in [1.29, 1.82) is 0 Å². The summed E-state index contributed by atoms with van der Waals surface area (Å²) in [5.74, 6) is -1.51. The van der Waals surface area contributed by atoms with E-state index in [0.717, 1.165) is 19.3 Å². The van der Waals surface area contributed by atoms with E-state index in [2.05, 4.69) is 6.92 Å². The minimum Gasteiger partial charge on any atom is -0.463 e. The number of anilines is 1. The molecule has 3 aromatic carbocycles.